The monoisotopic (exact) mass is 1100 g/mol. The highest BCUT2D eigenvalue weighted by Gasteiger charge is 2.45. The van der Waals surface area contributed by atoms with Crippen LogP contribution in [0.3, 0.4) is 0 Å². The van der Waals surface area contributed by atoms with Crippen molar-refractivity contribution >= 4 is 40.8 Å². The van der Waals surface area contributed by atoms with Crippen LogP contribution in [0.25, 0.3) is 16.9 Å². The van der Waals surface area contributed by atoms with E-state index in [0.29, 0.717) is 52.7 Å². The van der Waals surface area contributed by atoms with Crippen molar-refractivity contribution < 1.29 is 33.8 Å². The molecule has 0 radical (unpaired) electrons. The molecule has 2 aromatic carbocycles. The number of pyridine rings is 1. The topological polar surface area (TPSA) is 256 Å². The van der Waals surface area contributed by atoms with Gasteiger partial charge in [0.15, 0.2) is 17.4 Å². The van der Waals surface area contributed by atoms with Crippen LogP contribution in [0.15, 0.2) is 95.9 Å². The number of nitrogens with two attached hydrogens (primary N) is 2. The van der Waals surface area contributed by atoms with Gasteiger partial charge in [-0.05, 0) is 99.2 Å². The zero-order valence-corrected chi connectivity index (χ0v) is 46.5. The number of benzene rings is 2. The fraction of sp³-hybridized carbons (Fsp3) is 0.517. The van der Waals surface area contributed by atoms with Crippen molar-refractivity contribution in [3.05, 3.63) is 103 Å². The van der Waals surface area contributed by atoms with E-state index >= 15 is 0 Å². The molecule has 6 fully saturated rings. The number of phenolic OH excluding ortho intramolecular Hbond substituents is 1. The summed E-state index contributed by atoms with van der Waals surface area (Å²) in [4.78, 5) is 48.1. The van der Waals surface area contributed by atoms with Crippen molar-refractivity contribution in [2.24, 2.45) is 11.8 Å². The van der Waals surface area contributed by atoms with Gasteiger partial charge in [0.25, 0.3) is 0 Å². The Morgan fingerprint density at radius 1 is 0.790 bits per heavy atom. The molecular weight excluding hydrogens is 1030 g/mol. The van der Waals surface area contributed by atoms with Gasteiger partial charge < -0.3 is 65.5 Å². The minimum atomic E-state index is -0.823. The summed E-state index contributed by atoms with van der Waals surface area (Å²) in [5, 5.41) is 37.4. The first-order chi connectivity index (χ1) is 39.3. The van der Waals surface area contributed by atoms with Gasteiger partial charge in [-0.2, -0.15) is 0 Å². The van der Waals surface area contributed by atoms with Crippen LogP contribution in [0, 0.1) is 11.8 Å². The predicted molar refractivity (Wildman–Crippen MR) is 307 cm³/mol. The second-order valence-corrected chi connectivity index (χ2v) is 23.6. The molecule has 5 aliphatic heterocycles. The Labute approximate surface area is 472 Å². The first-order valence-corrected chi connectivity index (χ1v) is 29.1. The average Bonchev–Trinajstić information content (AvgIpc) is 4.30. The standard InChI is InChI=1S/C60H76N14O7/c1-36(2)56(59(78)73-35-44(75)27-51(73)58(77)65-37(3)39-8-10-40(11-9-39)72-25-20-64-60(72)62)53-31-54(68-81-53)70-23-15-38(16-24-70)32-69-21-17-45(18-22-69)79-46-28-47(29-46)80-55-26-41(14-19-63-55)74-42-12-13-43(74)34-71(33-42)50-30-49(66-67-57(50)61)48-6-4-5-7-52(48)76/h4-11,14,19-20,25-26,30-31,36-38,42-47,51,56,75-76H,12-13,15-18,21-24,27-29,32-35H2,1-3H3,(H2,61,67)(H2,62,64)(H,65,77)/t37-,42?,43?,44+,46?,47?,51-,56-/m0/s1. The zero-order chi connectivity index (χ0) is 55.9. The number of carbonyl (C=O) groups is 2. The van der Waals surface area contributed by atoms with Gasteiger partial charge in [0, 0.05) is 131 Å². The van der Waals surface area contributed by atoms with Crippen molar-refractivity contribution in [2.75, 3.05) is 78.5 Å². The number of imidazole rings is 1. The van der Waals surface area contributed by atoms with E-state index < -0.39 is 18.1 Å². The molecule has 1 aliphatic carbocycles. The quantitative estimate of drug-likeness (QED) is 0.0669. The van der Waals surface area contributed by atoms with Gasteiger partial charge in [0.2, 0.25) is 23.6 Å². The number of anilines is 5. The summed E-state index contributed by atoms with van der Waals surface area (Å²) in [5.41, 5.74) is 17.3. The number of aliphatic hydroxyl groups is 1. The minimum absolute atomic E-state index is 0.0687. The number of fused-ring (bicyclic) bond motifs is 2. The molecule has 81 heavy (non-hydrogen) atoms. The number of piperidine rings is 2. The number of hydrogen-bond donors (Lipinski definition) is 5. The summed E-state index contributed by atoms with van der Waals surface area (Å²) in [5.74, 6) is 2.00. The summed E-state index contributed by atoms with van der Waals surface area (Å²) >= 11 is 0. The van der Waals surface area contributed by atoms with Gasteiger partial charge in [-0.25, -0.2) is 9.97 Å². The van der Waals surface area contributed by atoms with Crippen LogP contribution in [0.5, 0.6) is 11.6 Å². The summed E-state index contributed by atoms with van der Waals surface area (Å²) in [6.07, 6.45) is 13.2. The number of β-amino-alcohol motifs (C(OH)–C–C–N with tert-alkyl or cyclic N) is 1. The van der Waals surface area contributed by atoms with Crippen molar-refractivity contribution in [3.8, 4) is 28.6 Å². The number of nitrogen functional groups attached to an aromatic ring is 2. The van der Waals surface area contributed by atoms with E-state index in [1.165, 1.54) is 4.90 Å². The number of amides is 2. The van der Waals surface area contributed by atoms with Gasteiger partial charge in [-0.1, -0.05) is 43.3 Å². The predicted octanol–water partition coefficient (Wildman–Crippen LogP) is 6.33. The number of aliphatic hydroxyl groups excluding tert-OH is 1. The largest absolute Gasteiger partial charge is 0.507 e. The molecule has 428 valence electrons. The number of likely N-dealkylation sites (tertiary alicyclic amines) is 2. The molecule has 4 aromatic heterocycles. The number of carbonyl (C=O) groups excluding carboxylic acids is 2. The fourth-order valence-electron chi connectivity index (χ4n) is 13.4. The van der Waals surface area contributed by atoms with Gasteiger partial charge >= 0.3 is 0 Å². The average molecular weight is 1110 g/mol. The number of aromatic nitrogens is 6. The molecule has 9 heterocycles. The maximum absolute atomic E-state index is 14.4. The van der Waals surface area contributed by atoms with Gasteiger partial charge in [-0.3, -0.25) is 14.2 Å². The second kappa shape index (κ2) is 23.2. The third-order valence-corrected chi connectivity index (χ3v) is 17.9. The van der Waals surface area contributed by atoms with Gasteiger partial charge in [0.05, 0.1) is 35.7 Å². The molecule has 7 N–H and O–H groups in total. The van der Waals surface area contributed by atoms with Crippen LogP contribution >= 0.6 is 0 Å². The van der Waals surface area contributed by atoms with Crippen LogP contribution < -0.4 is 36.2 Å². The molecule has 6 aromatic rings. The van der Waals surface area contributed by atoms with Crippen molar-refractivity contribution in [1.29, 1.82) is 0 Å². The minimum Gasteiger partial charge on any atom is -0.507 e. The number of piperazine rings is 1. The lowest BCUT2D eigenvalue weighted by molar-refractivity contribution is -0.141. The molecule has 6 atom stereocenters. The maximum Gasteiger partial charge on any atom is 0.243 e. The molecule has 1 saturated carbocycles. The van der Waals surface area contributed by atoms with E-state index in [1.807, 2.05) is 75.5 Å². The van der Waals surface area contributed by atoms with E-state index in [4.69, 9.17) is 25.5 Å². The lowest BCUT2D eigenvalue weighted by Crippen LogP contribution is -2.54. The maximum atomic E-state index is 14.4. The third kappa shape index (κ3) is 11.6. The third-order valence-electron chi connectivity index (χ3n) is 17.9. The Hall–Kier alpha value is -7.49. The van der Waals surface area contributed by atoms with Crippen LogP contribution in [0.4, 0.5) is 29.0 Å². The molecule has 2 bridgehead atoms. The van der Waals surface area contributed by atoms with Crippen molar-refractivity contribution in [1.82, 2.24) is 45.0 Å². The van der Waals surface area contributed by atoms with E-state index in [1.54, 1.807) is 29.1 Å². The van der Waals surface area contributed by atoms with E-state index in [9.17, 15) is 19.8 Å². The molecule has 21 heteroatoms. The van der Waals surface area contributed by atoms with E-state index in [-0.39, 0.29) is 60.8 Å². The van der Waals surface area contributed by atoms with Crippen LogP contribution in [0.1, 0.15) is 102 Å². The fourth-order valence-corrected chi connectivity index (χ4v) is 13.4. The summed E-state index contributed by atoms with van der Waals surface area (Å²) in [6.45, 7) is 12.3. The highest BCUT2D eigenvalue weighted by molar-refractivity contribution is 5.91. The highest BCUT2D eigenvalue weighted by Crippen LogP contribution is 2.41. The smallest absolute Gasteiger partial charge is 0.243 e. The second-order valence-electron chi connectivity index (χ2n) is 23.6. The summed E-state index contributed by atoms with van der Waals surface area (Å²) in [6, 6.07) is 22.3. The lowest BCUT2D eigenvalue weighted by Gasteiger charge is -2.43. The number of ether oxygens (including phenoxy) is 2. The number of nitrogens with one attached hydrogen (secondary N) is 1. The Morgan fingerprint density at radius 2 is 1.54 bits per heavy atom. The number of phenols is 1. The molecule has 21 nitrogen and oxygen atoms in total. The van der Waals surface area contributed by atoms with Gasteiger partial charge in [-0.15, -0.1) is 10.2 Å². The summed E-state index contributed by atoms with van der Waals surface area (Å²) < 4.78 is 20.8. The zero-order valence-electron chi connectivity index (χ0n) is 46.5. The number of para-hydroxylation sites is 1. The molecule has 0 spiro atoms. The molecule has 6 aliphatic rings. The number of hydrogen-bond acceptors (Lipinski definition) is 18. The molecule has 2 amide bonds. The lowest BCUT2D eigenvalue weighted by atomic mass is 9.91. The Morgan fingerprint density at radius 3 is 2.26 bits per heavy atom. The van der Waals surface area contributed by atoms with Crippen LogP contribution in [0.2, 0.25) is 0 Å². The van der Waals surface area contributed by atoms with Crippen molar-refractivity contribution in [2.45, 2.75) is 133 Å². The molecule has 2 unspecified atom stereocenters. The molecular formula is C60H76N14O7. The SMILES string of the molecule is CC(C)[C@H](C(=O)N1C[C@H](O)C[C@H]1C(=O)N[C@@H](C)c1ccc(-n2ccnc2N)cc1)c1cc(N2CCC(CN3CCC(OC4CC(Oc5cc(N6C7CCC6CN(c6cc(-c8ccccc8O)nnc6N)C7)ccn5)C4)CC3)CC2)no1. The highest BCUT2D eigenvalue weighted by atomic mass is 16.5. The Balaban J connectivity index is 0.564. The summed E-state index contributed by atoms with van der Waals surface area (Å²) in [7, 11) is 0. The number of rotatable bonds is 17. The first kappa shape index (κ1) is 54.1. The normalized spacial score (nSPS) is 24.4. The first-order valence-electron chi connectivity index (χ1n) is 29.1. The Bertz CT molecular complexity index is 3140. The molecule has 12 rings (SSSR count). The Kier molecular flexibility index (Phi) is 15.5. The van der Waals surface area contributed by atoms with Crippen LogP contribution in [-0.2, 0) is 14.3 Å². The van der Waals surface area contributed by atoms with Crippen LogP contribution in [-0.4, -0.2) is 157 Å². The van der Waals surface area contributed by atoms with Gasteiger partial charge in [0.1, 0.15) is 23.8 Å². The number of nitrogens with zero attached hydrogens (tertiary/aromatic N) is 11. The van der Waals surface area contributed by atoms with E-state index in [2.05, 4.69) is 62.4 Å². The van der Waals surface area contributed by atoms with Crippen molar-refractivity contribution in [3.63, 3.8) is 0 Å². The molecule has 5 saturated heterocycles. The van der Waals surface area contributed by atoms with E-state index in [0.717, 1.165) is 126 Å². The number of aromatic hydroxyl groups is 1.